The SMILES string of the molecule is COC[C@H](C)NC(N)=NCc1cc(C)on1. The fourth-order valence-electron chi connectivity index (χ4n) is 1.25. The number of methoxy groups -OCH3 is 1. The Labute approximate surface area is 94.8 Å². The molecule has 3 N–H and O–H groups in total. The van der Waals surface area contributed by atoms with Crippen LogP contribution in [0.4, 0.5) is 0 Å². The third-order valence-electron chi connectivity index (χ3n) is 1.90. The summed E-state index contributed by atoms with van der Waals surface area (Å²) in [5, 5.41) is 6.82. The lowest BCUT2D eigenvalue weighted by molar-refractivity contribution is 0.179. The van der Waals surface area contributed by atoms with Crippen molar-refractivity contribution >= 4 is 5.96 Å². The van der Waals surface area contributed by atoms with Crippen molar-refractivity contribution in [3.05, 3.63) is 17.5 Å². The predicted molar refractivity (Wildman–Crippen MR) is 61.0 cm³/mol. The van der Waals surface area contributed by atoms with Crippen molar-refractivity contribution in [2.24, 2.45) is 10.7 Å². The van der Waals surface area contributed by atoms with E-state index in [1.165, 1.54) is 0 Å². The Morgan fingerprint density at radius 3 is 3.06 bits per heavy atom. The zero-order valence-electron chi connectivity index (χ0n) is 9.86. The van der Waals surface area contributed by atoms with Crippen LogP contribution >= 0.6 is 0 Å². The molecule has 6 heteroatoms. The molecule has 1 atom stereocenters. The molecule has 0 bridgehead atoms. The van der Waals surface area contributed by atoms with Gasteiger partial charge in [0.1, 0.15) is 11.5 Å². The first kappa shape index (κ1) is 12.5. The molecule has 1 heterocycles. The Morgan fingerprint density at radius 2 is 2.50 bits per heavy atom. The lowest BCUT2D eigenvalue weighted by atomic mass is 10.4. The highest BCUT2D eigenvalue weighted by molar-refractivity contribution is 5.78. The minimum Gasteiger partial charge on any atom is -0.383 e. The van der Waals surface area contributed by atoms with E-state index in [1.54, 1.807) is 7.11 Å². The fourth-order valence-corrected chi connectivity index (χ4v) is 1.25. The largest absolute Gasteiger partial charge is 0.383 e. The van der Waals surface area contributed by atoms with E-state index in [0.717, 1.165) is 11.5 Å². The second kappa shape index (κ2) is 6.12. The molecule has 0 aliphatic heterocycles. The number of nitrogens with zero attached hydrogens (tertiary/aromatic N) is 2. The first-order chi connectivity index (χ1) is 7.61. The van der Waals surface area contributed by atoms with E-state index in [0.29, 0.717) is 19.1 Å². The summed E-state index contributed by atoms with van der Waals surface area (Å²) in [6, 6.07) is 1.96. The van der Waals surface area contributed by atoms with Gasteiger partial charge in [-0.05, 0) is 13.8 Å². The van der Waals surface area contributed by atoms with E-state index in [2.05, 4.69) is 15.5 Å². The van der Waals surface area contributed by atoms with Gasteiger partial charge < -0.3 is 20.3 Å². The zero-order chi connectivity index (χ0) is 12.0. The van der Waals surface area contributed by atoms with Crippen LogP contribution in [0.5, 0.6) is 0 Å². The van der Waals surface area contributed by atoms with E-state index in [9.17, 15) is 0 Å². The molecule has 0 saturated carbocycles. The second-order valence-electron chi connectivity index (χ2n) is 3.63. The molecule has 0 aliphatic carbocycles. The van der Waals surface area contributed by atoms with Crippen LogP contribution in [0.3, 0.4) is 0 Å². The molecule has 1 rings (SSSR count). The zero-order valence-corrected chi connectivity index (χ0v) is 9.86. The highest BCUT2D eigenvalue weighted by Gasteiger charge is 2.02. The average Bonchev–Trinajstić information content (AvgIpc) is 2.61. The monoisotopic (exact) mass is 226 g/mol. The molecule has 1 aromatic heterocycles. The van der Waals surface area contributed by atoms with Crippen LogP contribution in [0.25, 0.3) is 0 Å². The van der Waals surface area contributed by atoms with Crippen molar-refractivity contribution in [2.45, 2.75) is 26.4 Å². The molecule has 0 unspecified atom stereocenters. The van der Waals surface area contributed by atoms with Crippen molar-refractivity contribution in [3.8, 4) is 0 Å². The Hall–Kier alpha value is -1.56. The molecule has 16 heavy (non-hydrogen) atoms. The van der Waals surface area contributed by atoms with E-state index in [-0.39, 0.29) is 6.04 Å². The molecule has 0 aromatic carbocycles. The maximum Gasteiger partial charge on any atom is 0.189 e. The standard InChI is InChI=1S/C10H18N4O2/c1-7(6-15-3)13-10(11)12-5-9-4-8(2)16-14-9/h4,7H,5-6H2,1-3H3,(H3,11,12,13)/t7-/m0/s1. The number of hydrogen-bond donors (Lipinski definition) is 2. The van der Waals surface area contributed by atoms with Crippen LogP contribution in [0.15, 0.2) is 15.6 Å². The third-order valence-corrected chi connectivity index (χ3v) is 1.90. The molecule has 90 valence electrons. The number of aliphatic imine (C=N–C) groups is 1. The van der Waals surface area contributed by atoms with Gasteiger partial charge in [0.25, 0.3) is 0 Å². The summed E-state index contributed by atoms with van der Waals surface area (Å²) in [4.78, 5) is 4.14. The van der Waals surface area contributed by atoms with Crippen molar-refractivity contribution in [3.63, 3.8) is 0 Å². The summed E-state index contributed by atoms with van der Waals surface area (Å²) in [7, 11) is 1.64. The van der Waals surface area contributed by atoms with Gasteiger partial charge in [0.05, 0.1) is 13.2 Å². The Balaban J connectivity index is 2.39. The van der Waals surface area contributed by atoms with Gasteiger partial charge in [-0.2, -0.15) is 0 Å². The lowest BCUT2D eigenvalue weighted by Gasteiger charge is -2.12. The number of hydrogen-bond acceptors (Lipinski definition) is 4. The first-order valence-corrected chi connectivity index (χ1v) is 5.09. The van der Waals surface area contributed by atoms with E-state index >= 15 is 0 Å². The highest BCUT2D eigenvalue weighted by atomic mass is 16.5. The number of nitrogens with one attached hydrogen (secondary N) is 1. The summed E-state index contributed by atoms with van der Waals surface area (Å²) >= 11 is 0. The minimum atomic E-state index is 0.132. The van der Waals surface area contributed by atoms with Gasteiger partial charge in [-0.25, -0.2) is 4.99 Å². The highest BCUT2D eigenvalue weighted by Crippen LogP contribution is 2.02. The van der Waals surface area contributed by atoms with Crippen molar-refractivity contribution in [2.75, 3.05) is 13.7 Å². The summed E-state index contributed by atoms with van der Waals surface area (Å²) in [5.41, 5.74) is 6.45. The van der Waals surface area contributed by atoms with Crippen LogP contribution in [0.2, 0.25) is 0 Å². The van der Waals surface area contributed by atoms with Crippen LogP contribution < -0.4 is 11.1 Å². The summed E-state index contributed by atoms with van der Waals surface area (Å²) in [5.74, 6) is 1.15. The molecular weight excluding hydrogens is 208 g/mol. The topological polar surface area (TPSA) is 85.7 Å². The van der Waals surface area contributed by atoms with Crippen LogP contribution in [0, 0.1) is 6.92 Å². The van der Waals surface area contributed by atoms with Crippen molar-refractivity contribution in [1.29, 1.82) is 0 Å². The summed E-state index contributed by atoms with van der Waals surface area (Å²) in [6.07, 6.45) is 0. The predicted octanol–water partition coefficient (Wildman–Crippen LogP) is 0.422. The van der Waals surface area contributed by atoms with Gasteiger partial charge in [-0.15, -0.1) is 0 Å². The van der Waals surface area contributed by atoms with Crippen molar-refractivity contribution < 1.29 is 9.26 Å². The van der Waals surface area contributed by atoms with Gasteiger partial charge >= 0.3 is 0 Å². The smallest absolute Gasteiger partial charge is 0.189 e. The number of aryl methyl sites for hydroxylation is 1. The molecule has 0 saturated heterocycles. The third kappa shape index (κ3) is 4.31. The maximum absolute atomic E-state index is 5.68. The van der Waals surface area contributed by atoms with Crippen molar-refractivity contribution in [1.82, 2.24) is 10.5 Å². The maximum atomic E-state index is 5.68. The van der Waals surface area contributed by atoms with Gasteiger partial charge in [0.2, 0.25) is 0 Å². The molecule has 0 radical (unpaired) electrons. The summed E-state index contributed by atoms with van der Waals surface area (Å²) < 4.78 is 9.89. The molecule has 0 spiro atoms. The normalized spacial score (nSPS) is 13.8. The van der Waals surface area contributed by atoms with Crippen LogP contribution in [-0.2, 0) is 11.3 Å². The number of nitrogens with two attached hydrogens (primary N) is 1. The Morgan fingerprint density at radius 1 is 1.75 bits per heavy atom. The molecule has 0 amide bonds. The Kier molecular flexibility index (Phi) is 4.78. The molecule has 6 nitrogen and oxygen atoms in total. The van der Waals surface area contributed by atoms with Gasteiger partial charge in [0.15, 0.2) is 5.96 Å². The number of ether oxygens (including phenoxy) is 1. The van der Waals surface area contributed by atoms with Gasteiger partial charge in [0, 0.05) is 19.2 Å². The van der Waals surface area contributed by atoms with E-state index in [4.69, 9.17) is 15.0 Å². The number of guanidine groups is 1. The first-order valence-electron chi connectivity index (χ1n) is 5.09. The summed E-state index contributed by atoms with van der Waals surface area (Å²) in [6.45, 7) is 4.80. The van der Waals surface area contributed by atoms with Crippen LogP contribution in [0.1, 0.15) is 18.4 Å². The fraction of sp³-hybridized carbons (Fsp3) is 0.600. The lowest BCUT2D eigenvalue weighted by Crippen LogP contribution is -2.40. The van der Waals surface area contributed by atoms with E-state index < -0.39 is 0 Å². The second-order valence-corrected chi connectivity index (χ2v) is 3.63. The van der Waals surface area contributed by atoms with Gasteiger partial charge in [-0.3, -0.25) is 0 Å². The average molecular weight is 226 g/mol. The molecule has 1 aromatic rings. The number of aromatic nitrogens is 1. The molecule has 0 fully saturated rings. The van der Waals surface area contributed by atoms with Gasteiger partial charge in [-0.1, -0.05) is 5.16 Å². The number of rotatable bonds is 5. The van der Waals surface area contributed by atoms with Crippen LogP contribution in [-0.4, -0.2) is 30.9 Å². The van der Waals surface area contributed by atoms with E-state index in [1.807, 2.05) is 19.9 Å². The minimum absolute atomic E-state index is 0.132. The molecule has 0 aliphatic rings. The Bertz CT molecular complexity index is 348. The quantitative estimate of drug-likeness (QED) is 0.561. The molecular formula is C10H18N4O2.